The molecule has 1 fully saturated rings. The van der Waals surface area contributed by atoms with E-state index in [4.69, 9.17) is 9.84 Å². The van der Waals surface area contributed by atoms with Crippen molar-refractivity contribution in [2.45, 2.75) is 71.1 Å². The van der Waals surface area contributed by atoms with E-state index in [1.165, 1.54) is 0 Å². The number of rotatable bonds is 11. The quantitative estimate of drug-likeness (QED) is 0.425. The third-order valence-corrected chi connectivity index (χ3v) is 5.18. The lowest BCUT2D eigenvalue weighted by molar-refractivity contribution is -0.155. The first-order valence-corrected chi connectivity index (χ1v) is 10.8. The predicted octanol–water partition coefficient (Wildman–Crippen LogP) is 2.41. The van der Waals surface area contributed by atoms with Crippen LogP contribution >= 0.6 is 0 Å². The second-order valence-electron chi connectivity index (χ2n) is 8.21. The highest BCUT2D eigenvalue weighted by Gasteiger charge is 2.38. The van der Waals surface area contributed by atoms with Crippen LogP contribution in [0.3, 0.4) is 0 Å². The van der Waals surface area contributed by atoms with Gasteiger partial charge in [0.05, 0.1) is 0 Å². The lowest BCUT2D eigenvalue weighted by atomic mass is 10.0. The van der Waals surface area contributed by atoms with E-state index in [1.54, 1.807) is 4.90 Å². The summed E-state index contributed by atoms with van der Waals surface area (Å²) in [6.45, 7) is 4.69. The fraction of sp³-hybridized carbons (Fsp3) is 0.609. The molecule has 0 aliphatic carbocycles. The Balaban J connectivity index is 1.98. The van der Waals surface area contributed by atoms with E-state index < -0.39 is 18.1 Å². The third-order valence-electron chi connectivity index (χ3n) is 5.18. The number of esters is 1. The van der Waals surface area contributed by atoms with Crippen LogP contribution in [0.4, 0.5) is 0 Å². The molecule has 1 aromatic carbocycles. The minimum absolute atomic E-state index is 0.0438. The Kier molecular flexibility index (Phi) is 9.80. The average molecular weight is 419 g/mol. The van der Waals surface area contributed by atoms with Gasteiger partial charge in [-0.25, -0.2) is 4.79 Å². The molecule has 2 atom stereocenters. The van der Waals surface area contributed by atoms with Crippen molar-refractivity contribution in [2.24, 2.45) is 5.92 Å². The number of nitrogens with zero attached hydrogens (tertiary/aromatic N) is 1. The number of nitrogens with one attached hydrogen (secondary N) is 1. The summed E-state index contributed by atoms with van der Waals surface area (Å²) in [5.74, 6) is -0.617. The minimum Gasteiger partial charge on any atom is -0.459 e. The molecule has 2 amide bonds. The monoisotopic (exact) mass is 418 g/mol. The van der Waals surface area contributed by atoms with Gasteiger partial charge in [0.25, 0.3) is 0 Å². The van der Waals surface area contributed by atoms with Crippen molar-refractivity contribution >= 4 is 17.8 Å². The van der Waals surface area contributed by atoms with E-state index in [0.29, 0.717) is 32.2 Å². The summed E-state index contributed by atoms with van der Waals surface area (Å²) in [5.41, 5.74) is 0.898. The van der Waals surface area contributed by atoms with Gasteiger partial charge in [-0.2, -0.15) is 0 Å². The fourth-order valence-electron chi connectivity index (χ4n) is 3.66. The molecule has 1 aliphatic heterocycles. The van der Waals surface area contributed by atoms with Crippen LogP contribution in [0.15, 0.2) is 30.3 Å². The Morgan fingerprint density at radius 3 is 2.60 bits per heavy atom. The second-order valence-corrected chi connectivity index (χ2v) is 8.21. The summed E-state index contributed by atoms with van der Waals surface area (Å²) in [6, 6.07) is 8.17. The third kappa shape index (κ3) is 7.44. The van der Waals surface area contributed by atoms with Crippen molar-refractivity contribution in [1.82, 2.24) is 10.2 Å². The number of unbranched alkanes of at least 4 members (excludes halogenated alkanes) is 1. The molecule has 166 valence electrons. The van der Waals surface area contributed by atoms with Gasteiger partial charge in [-0.15, -0.1) is 0 Å². The highest BCUT2D eigenvalue weighted by Crippen LogP contribution is 2.22. The molecule has 2 N–H and O–H groups in total. The van der Waals surface area contributed by atoms with Crippen LogP contribution in [0.2, 0.25) is 0 Å². The molecule has 2 rings (SSSR count). The molecule has 0 saturated carbocycles. The molecule has 7 heteroatoms. The molecule has 1 aliphatic rings. The molecule has 1 heterocycles. The van der Waals surface area contributed by atoms with Crippen molar-refractivity contribution in [3.63, 3.8) is 0 Å². The molecule has 7 nitrogen and oxygen atoms in total. The van der Waals surface area contributed by atoms with Crippen molar-refractivity contribution < 1.29 is 24.2 Å². The molecule has 30 heavy (non-hydrogen) atoms. The number of ether oxygens (including phenoxy) is 1. The number of benzene rings is 1. The van der Waals surface area contributed by atoms with Crippen LogP contribution in [0.25, 0.3) is 0 Å². The molecule has 0 radical (unpaired) electrons. The lowest BCUT2D eigenvalue weighted by Gasteiger charge is -2.29. The van der Waals surface area contributed by atoms with E-state index in [0.717, 1.165) is 12.0 Å². The van der Waals surface area contributed by atoms with E-state index in [-0.39, 0.29) is 37.4 Å². The number of carbonyl (C=O) groups excluding carboxylic acids is 3. The number of aliphatic hydroxyl groups excluding tert-OH is 1. The zero-order valence-electron chi connectivity index (χ0n) is 18.0. The summed E-state index contributed by atoms with van der Waals surface area (Å²) in [7, 11) is 0. The molecule has 0 unspecified atom stereocenters. The fourth-order valence-corrected chi connectivity index (χ4v) is 3.66. The van der Waals surface area contributed by atoms with Crippen LogP contribution in [0.5, 0.6) is 0 Å². The van der Waals surface area contributed by atoms with Gasteiger partial charge in [-0.3, -0.25) is 9.59 Å². The number of aliphatic hydroxyl groups is 1. The highest BCUT2D eigenvalue weighted by atomic mass is 16.5. The van der Waals surface area contributed by atoms with E-state index in [9.17, 15) is 14.4 Å². The molecule has 1 aromatic rings. The SMILES string of the molecule is CC(C)C[C@H](NC(=O)CCCCO)C(=O)N1CCC[C@H]1C(=O)OCc1ccccc1. The molecule has 0 aromatic heterocycles. The largest absolute Gasteiger partial charge is 0.459 e. The highest BCUT2D eigenvalue weighted by molar-refractivity contribution is 5.91. The molecular weight excluding hydrogens is 384 g/mol. The summed E-state index contributed by atoms with van der Waals surface area (Å²) >= 11 is 0. The minimum atomic E-state index is -0.658. The smallest absolute Gasteiger partial charge is 0.329 e. The first-order chi connectivity index (χ1) is 14.4. The molecule has 0 spiro atoms. The van der Waals surface area contributed by atoms with Crippen LogP contribution in [-0.2, 0) is 25.7 Å². The molecular formula is C23H34N2O5. The predicted molar refractivity (Wildman–Crippen MR) is 113 cm³/mol. The molecule has 1 saturated heterocycles. The number of hydrogen-bond acceptors (Lipinski definition) is 5. The topological polar surface area (TPSA) is 95.9 Å². The second kappa shape index (κ2) is 12.3. The van der Waals surface area contributed by atoms with Crippen LogP contribution in [0.1, 0.15) is 57.9 Å². The van der Waals surface area contributed by atoms with Gasteiger partial charge in [0.15, 0.2) is 0 Å². The van der Waals surface area contributed by atoms with Gasteiger partial charge < -0.3 is 20.1 Å². The Morgan fingerprint density at radius 2 is 1.93 bits per heavy atom. The standard InChI is InChI=1S/C23H34N2O5/c1-17(2)15-19(24-21(27)12-6-7-14-26)22(28)25-13-8-11-20(25)23(29)30-16-18-9-4-3-5-10-18/h3-5,9-10,17,19-20,26H,6-8,11-16H2,1-2H3,(H,24,27)/t19-,20-/m0/s1. The summed E-state index contributed by atoms with van der Waals surface area (Å²) in [4.78, 5) is 39.7. The van der Waals surface area contributed by atoms with Gasteiger partial charge in [0.2, 0.25) is 11.8 Å². The maximum Gasteiger partial charge on any atom is 0.329 e. The van der Waals surface area contributed by atoms with Crippen LogP contribution in [-0.4, -0.2) is 53.0 Å². The average Bonchev–Trinajstić information content (AvgIpc) is 3.21. The van der Waals surface area contributed by atoms with Gasteiger partial charge in [0, 0.05) is 19.6 Å². The van der Waals surface area contributed by atoms with Crippen LogP contribution in [0, 0.1) is 5.92 Å². The van der Waals surface area contributed by atoms with Crippen molar-refractivity contribution in [2.75, 3.05) is 13.2 Å². The lowest BCUT2D eigenvalue weighted by Crippen LogP contribution is -2.52. The maximum atomic E-state index is 13.2. The van der Waals surface area contributed by atoms with Gasteiger partial charge in [-0.1, -0.05) is 44.2 Å². The van der Waals surface area contributed by atoms with Gasteiger partial charge in [-0.05, 0) is 43.6 Å². The maximum absolute atomic E-state index is 13.2. The van der Waals surface area contributed by atoms with Gasteiger partial charge in [0.1, 0.15) is 18.7 Å². The Morgan fingerprint density at radius 1 is 1.20 bits per heavy atom. The molecule has 0 bridgehead atoms. The van der Waals surface area contributed by atoms with Gasteiger partial charge >= 0.3 is 5.97 Å². The first-order valence-electron chi connectivity index (χ1n) is 10.8. The normalized spacial score (nSPS) is 17.1. The Hall–Kier alpha value is -2.41. The number of likely N-dealkylation sites (tertiary alicyclic amines) is 1. The number of hydrogen-bond donors (Lipinski definition) is 2. The summed E-state index contributed by atoms with van der Waals surface area (Å²) < 4.78 is 5.46. The zero-order chi connectivity index (χ0) is 21.9. The zero-order valence-corrected chi connectivity index (χ0v) is 18.0. The van der Waals surface area contributed by atoms with Crippen LogP contribution < -0.4 is 5.32 Å². The Bertz CT molecular complexity index is 692. The number of amides is 2. The first kappa shape index (κ1) is 23.9. The van der Waals surface area contributed by atoms with E-state index >= 15 is 0 Å². The summed E-state index contributed by atoms with van der Waals surface area (Å²) in [6.07, 6.45) is 3.20. The van der Waals surface area contributed by atoms with Crippen molar-refractivity contribution in [3.05, 3.63) is 35.9 Å². The van der Waals surface area contributed by atoms with E-state index in [2.05, 4.69) is 5.32 Å². The van der Waals surface area contributed by atoms with Crippen molar-refractivity contribution in [1.29, 1.82) is 0 Å². The Labute approximate surface area is 178 Å². The van der Waals surface area contributed by atoms with E-state index in [1.807, 2.05) is 44.2 Å². The van der Waals surface area contributed by atoms with Crippen molar-refractivity contribution in [3.8, 4) is 0 Å². The summed E-state index contributed by atoms with van der Waals surface area (Å²) in [5, 5.41) is 11.7. The number of carbonyl (C=O) groups is 3.